The Kier molecular flexibility index (Phi) is 3.85. The Balaban J connectivity index is 1.69. The lowest BCUT2D eigenvalue weighted by molar-refractivity contribution is 0.0946. The minimum absolute atomic E-state index is 0.0790. The van der Waals surface area contributed by atoms with E-state index in [1.54, 1.807) is 6.07 Å². The zero-order valence-electron chi connectivity index (χ0n) is 12.0. The van der Waals surface area contributed by atoms with Gasteiger partial charge in [0.25, 0.3) is 5.91 Å². The lowest BCUT2D eigenvalue weighted by Gasteiger charge is -2.22. The van der Waals surface area contributed by atoms with Crippen molar-refractivity contribution in [3.05, 3.63) is 17.5 Å². The molecule has 1 amide bonds. The van der Waals surface area contributed by atoms with Gasteiger partial charge in [-0.1, -0.05) is 19.3 Å². The van der Waals surface area contributed by atoms with Crippen LogP contribution in [0.5, 0.6) is 0 Å². The molecule has 1 heterocycles. The van der Waals surface area contributed by atoms with Gasteiger partial charge in [0.1, 0.15) is 5.69 Å². The Bertz CT molecular complexity index is 493. The lowest BCUT2D eigenvalue weighted by atomic mass is 9.96. The van der Waals surface area contributed by atoms with Gasteiger partial charge < -0.3 is 10.6 Å². The van der Waals surface area contributed by atoms with Crippen molar-refractivity contribution in [2.24, 2.45) is 0 Å². The number of carbonyl (C=O) groups is 1. The van der Waals surface area contributed by atoms with Gasteiger partial charge in [-0.25, -0.2) is 9.97 Å². The number of hydrogen-bond donors (Lipinski definition) is 2. The monoisotopic (exact) mass is 274 g/mol. The summed E-state index contributed by atoms with van der Waals surface area (Å²) in [5, 5.41) is 6.35. The maximum atomic E-state index is 12.1. The summed E-state index contributed by atoms with van der Waals surface area (Å²) < 4.78 is 0. The molecule has 2 aliphatic carbocycles. The molecule has 0 atom stereocenters. The Hall–Kier alpha value is -1.65. The molecule has 0 radical (unpaired) electrons. The second-order valence-electron chi connectivity index (χ2n) is 5.95. The molecule has 0 unspecified atom stereocenters. The highest BCUT2D eigenvalue weighted by Gasteiger charge is 2.25. The third-order valence-electron chi connectivity index (χ3n) is 3.94. The lowest BCUT2D eigenvalue weighted by Crippen LogP contribution is -2.28. The predicted octanol–water partition coefficient (Wildman–Crippen LogP) is 2.42. The third-order valence-corrected chi connectivity index (χ3v) is 3.94. The van der Waals surface area contributed by atoms with Gasteiger partial charge in [0.2, 0.25) is 5.95 Å². The number of aryl methyl sites for hydroxylation is 1. The summed E-state index contributed by atoms with van der Waals surface area (Å²) in [7, 11) is 0. The van der Waals surface area contributed by atoms with Crippen LogP contribution >= 0.6 is 0 Å². The van der Waals surface area contributed by atoms with Crippen LogP contribution in [0.4, 0.5) is 5.95 Å². The highest BCUT2D eigenvalue weighted by atomic mass is 16.2. The molecule has 2 fully saturated rings. The summed E-state index contributed by atoms with van der Waals surface area (Å²) in [5.41, 5.74) is 1.31. The molecule has 0 spiro atoms. The van der Waals surface area contributed by atoms with E-state index >= 15 is 0 Å². The van der Waals surface area contributed by atoms with Gasteiger partial charge in [-0.15, -0.1) is 0 Å². The summed E-state index contributed by atoms with van der Waals surface area (Å²) >= 11 is 0. The van der Waals surface area contributed by atoms with Crippen LogP contribution in [-0.4, -0.2) is 28.0 Å². The average Bonchev–Trinajstić information content (AvgIpc) is 3.23. The van der Waals surface area contributed by atoms with Crippen LogP contribution in [0.2, 0.25) is 0 Å². The van der Waals surface area contributed by atoms with E-state index in [0.29, 0.717) is 23.7 Å². The molecule has 0 aliphatic heterocycles. The number of aromatic nitrogens is 2. The Morgan fingerprint density at radius 2 is 1.85 bits per heavy atom. The molecular formula is C15H22N4O. The molecule has 20 heavy (non-hydrogen) atoms. The van der Waals surface area contributed by atoms with Gasteiger partial charge >= 0.3 is 0 Å². The summed E-state index contributed by atoms with van der Waals surface area (Å²) in [4.78, 5) is 20.8. The van der Waals surface area contributed by atoms with Crippen LogP contribution in [0.1, 0.15) is 61.1 Å². The first-order valence-electron chi connectivity index (χ1n) is 7.64. The molecule has 2 aliphatic rings. The number of hydrogen-bond acceptors (Lipinski definition) is 4. The van der Waals surface area contributed by atoms with E-state index in [1.807, 2.05) is 6.92 Å². The van der Waals surface area contributed by atoms with Crippen LogP contribution in [0, 0.1) is 6.92 Å². The molecule has 2 N–H and O–H groups in total. The first-order chi connectivity index (χ1) is 9.70. The van der Waals surface area contributed by atoms with E-state index in [1.165, 1.54) is 32.1 Å². The van der Waals surface area contributed by atoms with Gasteiger partial charge in [0.15, 0.2) is 0 Å². The maximum absolute atomic E-state index is 12.1. The first-order valence-corrected chi connectivity index (χ1v) is 7.64. The van der Waals surface area contributed by atoms with Gasteiger partial charge in [-0.3, -0.25) is 4.79 Å². The van der Waals surface area contributed by atoms with E-state index in [9.17, 15) is 4.79 Å². The molecule has 0 bridgehead atoms. The zero-order valence-corrected chi connectivity index (χ0v) is 12.0. The van der Waals surface area contributed by atoms with Crippen molar-refractivity contribution in [3.8, 4) is 0 Å². The number of amides is 1. The van der Waals surface area contributed by atoms with Gasteiger partial charge in [0.05, 0.1) is 0 Å². The quantitative estimate of drug-likeness (QED) is 0.885. The number of nitrogens with zero attached hydrogens (tertiary/aromatic N) is 2. The smallest absolute Gasteiger partial charge is 0.270 e. The summed E-state index contributed by atoms with van der Waals surface area (Å²) in [6.45, 7) is 1.90. The molecule has 5 nitrogen and oxygen atoms in total. The van der Waals surface area contributed by atoms with E-state index in [2.05, 4.69) is 20.6 Å². The minimum Gasteiger partial charge on any atom is -0.351 e. The van der Waals surface area contributed by atoms with Crippen molar-refractivity contribution in [1.29, 1.82) is 0 Å². The van der Waals surface area contributed by atoms with E-state index < -0.39 is 0 Å². The summed E-state index contributed by atoms with van der Waals surface area (Å²) in [6, 6.07) is 2.56. The van der Waals surface area contributed by atoms with Crippen LogP contribution in [0.15, 0.2) is 6.07 Å². The fourth-order valence-corrected chi connectivity index (χ4v) is 2.67. The van der Waals surface area contributed by atoms with Crippen molar-refractivity contribution in [3.63, 3.8) is 0 Å². The first kappa shape index (κ1) is 13.3. The molecule has 0 aromatic carbocycles. The highest BCUT2D eigenvalue weighted by Crippen LogP contribution is 2.21. The fourth-order valence-electron chi connectivity index (χ4n) is 2.67. The van der Waals surface area contributed by atoms with Gasteiger partial charge in [-0.05, 0) is 38.7 Å². The van der Waals surface area contributed by atoms with Crippen LogP contribution in [0.3, 0.4) is 0 Å². The number of rotatable bonds is 4. The number of carbonyl (C=O) groups excluding carboxylic acids is 1. The molecule has 1 aromatic rings. The second-order valence-corrected chi connectivity index (χ2v) is 5.95. The van der Waals surface area contributed by atoms with E-state index in [0.717, 1.165) is 18.5 Å². The number of anilines is 1. The minimum atomic E-state index is -0.0790. The maximum Gasteiger partial charge on any atom is 0.270 e. The zero-order chi connectivity index (χ0) is 13.9. The van der Waals surface area contributed by atoms with Crippen molar-refractivity contribution in [2.45, 2.75) is 64.0 Å². The van der Waals surface area contributed by atoms with Crippen LogP contribution in [0.25, 0.3) is 0 Å². The number of nitrogens with one attached hydrogen (secondary N) is 2. The SMILES string of the molecule is Cc1cc(C(=O)NC2CC2)nc(NC2CCCCC2)n1. The Morgan fingerprint density at radius 1 is 1.10 bits per heavy atom. The van der Waals surface area contributed by atoms with Crippen molar-refractivity contribution in [1.82, 2.24) is 15.3 Å². The highest BCUT2D eigenvalue weighted by molar-refractivity contribution is 5.93. The molecular weight excluding hydrogens is 252 g/mol. The molecule has 108 valence electrons. The van der Waals surface area contributed by atoms with Crippen LogP contribution < -0.4 is 10.6 Å². The Morgan fingerprint density at radius 3 is 2.55 bits per heavy atom. The summed E-state index contributed by atoms with van der Waals surface area (Å²) in [5.74, 6) is 0.516. The fraction of sp³-hybridized carbons (Fsp3) is 0.667. The van der Waals surface area contributed by atoms with Crippen molar-refractivity contribution >= 4 is 11.9 Å². The normalized spacial score (nSPS) is 19.6. The van der Waals surface area contributed by atoms with Gasteiger partial charge in [-0.2, -0.15) is 0 Å². The third kappa shape index (κ3) is 3.46. The molecule has 1 aromatic heterocycles. The largest absolute Gasteiger partial charge is 0.351 e. The molecule has 5 heteroatoms. The van der Waals surface area contributed by atoms with E-state index in [4.69, 9.17) is 0 Å². The van der Waals surface area contributed by atoms with Gasteiger partial charge in [0, 0.05) is 17.8 Å². The molecule has 2 saturated carbocycles. The summed E-state index contributed by atoms with van der Waals surface area (Å²) in [6.07, 6.45) is 8.35. The van der Waals surface area contributed by atoms with Crippen molar-refractivity contribution < 1.29 is 4.79 Å². The topological polar surface area (TPSA) is 66.9 Å². The standard InChI is InChI=1S/C15H22N4O/c1-10-9-13(14(20)17-12-7-8-12)19-15(16-10)18-11-5-3-2-4-6-11/h9,11-12H,2-8H2,1H3,(H,17,20)(H,16,18,19). The molecule has 0 saturated heterocycles. The Labute approximate surface area is 119 Å². The van der Waals surface area contributed by atoms with Crippen molar-refractivity contribution in [2.75, 3.05) is 5.32 Å². The average molecular weight is 274 g/mol. The molecule has 3 rings (SSSR count). The predicted molar refractivity (Wildman–Crippen MR) is 77.8 cm³/mol. The van der Waals surface area contributed by atoms with E-state index in [-0.39, 0.29) is 5.91 Å². The van der Waals surface area contributed by atoms with Crippen LogP contribution in [-0.2, 0) is 0 Å². The second kappa shape index (κ2) is 5.77.